The zero-order chi connectivity index (χ0) is 7.68. The smallest absolute Gasteiger partial charge is 0.129 e. The number of rotatable bonds is 1. The average Bonchev–Trinajstić information content (AvgIpc) is 2.55. The first-order valence-electron chi connectivity index (χ1n) is 4.47. The number of likely N-dealkylation sites (tertiary alicyclic amines) is 1. The summed E-state index contributed by atoms with van der Waals surface area (Å²) in [5, 5.41) is 3.08. The highest BCUT2D eigenvalue weighted by Gasteiger charge is 2.32. The van der Waals surface area contributed by atoms with Crippen molar-refractivity contribution < 1.29 is 4.39 Å². The van der Waals surface area contributed by atoms with Crippen LogP contribution in [0.3, 0.4) is 0 Å². The van der Waals surface area contributed by atoms with Gasteiger partial charge in [-0.25, -0.2) is 4.39 Å². The van der Waals surface area contributed by atoms with E-state index in [0.29, 0.717) is 6.54 Å². The van der Waals surface area contributed by atoms with Crippen LogP contribution in [-0.4, -0.2) is 43.3 Å². The topological polar surface area (TPSA) is 15.3 Å². The zero-order valence-corrected chi connectivity index (χ0v) is 9.17. The van der Waals surface area contributed by atoms with Crippen LogP contribution in [0, 0.1) is 0 Å². The first-order valence-corrected chi connectivity index (χ1v) is 4.47. The summed E-state index contributed by atoms with van der Waals surface area (Å²) in [4.78, 5) is 2.28. The van der Waals surface area contributed by atoms with Gasteiger partial charge >= 0.3 is 0 Å². The predicted molar refractivity (Wildman–Crippen MR) is 56.9 cm³/mol. The largest absolute Gasteiger partial charge is 0.312 e. The quantitative estimate of drug-likeness (QED) is 0.730. The number of nitrogens with zero attached hydrogens (tertiary/aromatic N) is 1. The van der Waals surface area contributed by atoms with Gasteiger partial charge in [-0.2, -0.15) is 0 Å². The first kappa shape index (κ1) is 13.4. The molecule has 0 aromatic rings. The lowest BCUT2D eigenvalue weighted by atomic mass is 10.2. The molecule has 5 heteroatoms. The molecule has 0 spiro atoms. The Morgan fingerprint density at radius 3 is 2.15 bits per heavy atom. The Kier molecular flexibility index (Phi) is 6.21. The van der Waals surface area contributed by atoms with E-state index < -0.39 is 6.17 Å². The number of hydrogen-bond acceptors (Lipinski definition) is 2. The molecule has 0 bridgehead atoms. The second-order valence-corrected chi connectivity index (χ2v) is 3.48. The SMILES string of the molecule is Cl.Cl.F[C@H]1CNC[C@H]1N1CCCC1. The number of nitrogens with one attached hydrogen (secondary N) is 1. The maximum absolute atomic E-state index is 13.1. The van der Waals surface area contributed by atoms with E-state index in [1.54, 1.807) is 0 Å². The molecule has 0 aliphatic carbocycles. The third-order valence-electron chi connectivity index (χ3n) is 2.72. The number of hydrogen-bond donors (Lipinski definition) is 1. The third kappa shape index (κ3) is 2.94. The molecule has 0 radical (unpaired) electrons. The van der Waals surface area contributed by atoms with Crippen LogP contribution in [0.25, 0.3) is 0 Å². The minimum Gasteiger partial charge on any atom is -0.312 e. The molecule has 2 fully saturated rings. The standard InChI is InChI=1S/C8H15FN2.2ClH/c9-7-5-10-6-8(7)11-3-1-2-4-11;;/h7-8,10H,1-6H2;2*1H/t7-,8+;;/m0../s1. The van der Waals surface area contributed by atoms with Gasteiger partial charge in [0.1, 0.15) is 6.17 Å². The van der Waals surface area contributed by atoms with Crippen molar-refractivity contribution in [2.24, 2.45) is 0 Å². The lowest BCUT2D eigenvalue weighted by molar-refractivity contribution is 0.173. The molecule has 1 N–H and O–H groups in total. The molecule has 13 heavy (non-hydrogen) atoms. The van der Waals surface area contributed by atoms with Crippen molar-refractivity contribution in [2.75, 3.05) is 26.2 Å². The van der Waals surface area contributed by atoms with Gasteiger partial charge in [-0.05, 0) is 25.9 Å². The summed E-state index contributed by atoms with van der Waals surface area (Å²) in [5.41, 5.74) is 0. The summed E-state index contributed by atoms with van der Waals surface area (Å²) in [6.07, 6.45) is 1.87. The molecule has 80 valence electrons. The van der Waals surface area contributed by atoms with E-state index in [9.17, 15) is 4.39 Å². The molecule has 0 saturated carbocycles. The Labute approximate surface area is 91.1 Å². The highest BCUT2D eigenvalue weighted by molar-refractivity contribution is 5.85. The lowest BCUT2D eigenvalue weighted by Crippen LogP contribution is -2.39. The van der Waals surface area contributed by atoms with Crippen LogP contribution >= 0.6 is 24.8 Å². The summed E-state index contributed by atoms with van der Waals surface area (Å²) in [7, 11) is 0. The summed E-state index contributed by atoms with van der Waals surface area (Å²) < 4.78 is 13.1. The van der Waals surface area contributed by atoms with Gasteiger partial charge in [0.05, 0.1) is 6.04 Å². The Hall–Kier alpha value is 0.430. The van der Waals surface area contributed by atoms with Crippen LogP contribution in [0.2, 0.25) is 0 Å². The Morgan fingerprint density at radius 1 is 1.08 bits per heavy atom. The predicted octanol–water partition coefficient (Wildman–Crippen LogP) is 1.24. The monoisotopic (exact) mass is 230 g/mol. The number of alkyl halides is 1. The zero-order valence-electron chi connectivity index (χ0n) is 7.54. The molecule has 2 heterocycles. The van der Waals surface area contributed by atoms with Crippen molar-refractivity contribution in [1.29, 1.82) is 0 Å². The van der Waals surface area contributed by atoms with Crippen LogP contribution < -0.4 is 5.32 Å². The van der Waals surface area contributed by atoms with Crippen molar-refractivity contribution in [3.63, 3.8) is 0 Å². The third-order valence-corrected chi connectivity index (χ3v) is 2.72. The fourth-order valence-electron chi connectivity index (χ4n) is 2.06. The normalized spacial score (nSPS) is 33.9. The molecular formula is C8H17Cl2FN2. The maximum Gasteiger partial charge on any atom is 0.129 e. The van der Waals surface area contributed by atoms with E-state index in [1.807, 2.05) is 0 Å². The average molecular weight is 231 g/mol. The second-order valence-electron chi connectivity index (χ2n) is 3.48. The molecule has 0 amide bonds. The van der Waals surface area contributed by atoms with Gasteiger partial charge in [-0.3, -0.25) is 4.90 Å². The van der Waals surface area contributed by atoms with Crippen molar-refractivity contribution in [2.45, 2.75) is 25.1 Å². The van der Waals surface area contributed by atoms with Gasteiger partial charge in [-0.15, -0.1) is 24.8 Å². The van der Waals surface area contributed by atoms with E-state index >= 15 is 0 Å². The highest BCUT2D eigenvalue weighted by Crippen LogP contribution is 2.18. The summed E-state index contributed by atoms with van der Waals surface area (Å²) in [6.45, 7) is 3.61. The summed E-state index contributed by atoms with van der Waals surface area (Å²) >= 11 is 0. The van der Waals surface area contributed by atoms with Crippen molar-refractivity contribution in [3.8, 4) is 0 Å². The Morgan fingerprint density at radius 2 is 1.69 bits per heavy atom. The molecule has 2 aliphatic rings. The van der Waals surface area contributed by atoms with Gasteiger partial charge in [0.15, 0.2) is 0 Å². The van der Waals surface area contributed by atoms with Crippen molar-refractivity contribution in [1.82, 2.24) is 10.2 Å². The Bertz CT molecular complexity index is 142. The van der Waals surface area contributed by atoms with Crippen LogP contribution in [0.5, 0.6) is 0 Å². The minimum atomic E-state index is -0.631. The van der Waals surface area contributed by atoms with E-state index in [1.165, 1.54) is 12.8 Å². The molecule has 2 atom stereocenters. The van der Waals surface area contributed by atoms with Crippen molar-refractivity contribution in [3.05, 3.63) is 0 Å². The molecule has 0 aromatic heterocycles. The van der Waals surface area contributed by atoms with E-state index in [2.05, 4.69) is 10.2 Å². The first-order chi connectivity index (χ1) is 5.38. The lowest BCUT2D eigenvalue weighted by Gasteiger charge is -2.23. The molecular weight excluding hydrogens is 214 g/mol. The highest BCUT2D eigenvalue weighted by atomic mass is 35.5. The minimum absolute atomic E-state index is 0. The van der Waals surface area contributed by atoms with E-state index in [0.717, 1.165) is 19.6 Å². The summed E-state index contributed by atoms with van der Waals surface area (Å²) in [6, 6.07) is 0.178. The molecule has 2 saturated heterocycles. The van der Waals surface area contributed by atoms with Gasteiger partial charge in [0.2, 0.25) is 0 Å². The van der Waals surface area contributed by atoms with Crippen molar-refractivity contribution >= 4 is 24.8 Å². The fourth-order valence-corrected chi connectivity index (χ4v) is 2.06. The van der Waals surface area contributed by atoms with Crippen LogP contribution in [0.1, 0.15) is 12.8 Å². The van der Waals surface area contributed by atoms with Crippen LogP contribution in [0.4, 0.5) is 4.39 Å². The van der Waals surface area contributed by atoms with Crippen LogP contribution in [-0.2, 0) is 0 Å². The van der Waals surface area contributed by atoms with Gasteiger partial charge < -0.3 is 5.32 Å². The second kappa shape index (κ2) is 6.02. The molecule has 2 aliphatic heterocycles. The fraction of sp³-hybridized carbons (Fsp3) is 1.00. The summed E-state index contributed by atoms with van der Waals surface area (Å²) in [5.74, 6) is 0. The van der Waals surface area contributed by atoms with Gasteiger partial charge in [-0.1, -0.05) is 0 Å². The molecule has 0 unspecified atom stereocenters. The van der Waals surface area contributed by atoms with Gasteiger partial charge in [0.25, 0.3) is 0 Å². The maximum atomic E-state index is 13.1. The van der Waals surface area contributed by atoms with E-state index in [4.69, 9.17) is 0 Å². The Balaban J connectivity index is 0.000000720. The molecule has 0 aromatic carbocycles. The number of halogens is 3. The van der Waals surface area contributed by atoms with E-state index in [-0.39, 0.29) is 30.9 Å². The molecule has 2 rings (SSSR count). The van der Waals surface area contributed by atoms with Gasteiger partial charge in [0, 0.05) is 13.1 Å². The molecule has 2 nitrogen and oxygen atoms in total. The van der Waals surface area contributed by atoms with Crippen LogP contribution in [0.15, 0.2) is 0 Å².